The second-order valence-electron chi connectivity index (χ2n) is 10.4. The largest absolute Gasteiger partial charge is 0.435 e. The van der Waals surface area contributed by atoms with E-state index >= 15 is 0 Å². The Bertz CT molecular complexity index is 1400. The number of hydrogen-bond acceptors (Lipinski definition) is 7. The van der Waals surface area contributed by atoms with Crippen molar-refractivity contribution in [3.8, 4) is 0 Å². The summed E-state index contributed by atoms with van der Waals surface area (Å²) in [5, 5.41) is 0.955. The minimum atomic E-state index is -1.13. The monoisotopic (exact) mass is 697 g/mol. The van der Waals surface area contributed by atoms with E-state index < -0.39 is 36.6 Å². The van der Waals surface area contributed by atoms with Crippen LogP contribution in [0.5, 0.6) is 0 Å². The Morgan fingerprint density at radius 3 is 1.40 bits per heavy atom. The molecule has 0 fully saturated rings. The first-order valence-electron chi connectivity index (χ1n) is 14.7. The molecule has 0 bridgehead atoms. The third-order valence-electron chi connectivity index (χ3n) is 7.68. The lowest BCUT2D eigenvalue weighted by atomic mass is 9.94. The van der Waals surface area contributed by atoms with Gasteiger partial charge in [0.25, 0.3) is 0 Å². The van der Waals surface area contributed by atoms with Crippen molar-refractivity contribution in [3.05, 3.63) is 96.4 Å². The molecule has 0 N–H and O–H groups in total. The molecule has 4 atom stereocenters. The SMILES string of the molecule is CCc1cc(N(C(OC(=O)c2cc(Cl)ccc2Cl)C(C)OC)C(OC(=O)c2cc(Cl)ccc2Cl)C(C)OC)cc(CC)c1CC. The first kappa shape index (κ1) is 36.9. The highest BCUT2D eigenvalue weighted by Crippen LogP contribution is 2.34. The van der Waals surface area contributed by atoms with Crippen molar-refractivity contribution < 1.29 is 28.5 Å². The summed E-state index contributed by atoms with van der Waals surface area (Å²) in [6, 6.07) is 13.1. The van der Waals surface area contributed by atoms with E-state index in [0.717, 1.165) is 30.4 Å². The summed E-state index contributed by atoms with van der Waals surface area (Å²) in [7, 11) is 3.00. The van der Waals surface area contributed by atoms with Crippen molar-refractivity contribution >= 4 is 64.0 Å². The highest BCUT2D eigenvalue weighted by molar-refractivity contribution is 6.36. The van der Waals surface area contributed by atoms with Crippen molar-refractivity contribution in [2.45, 2.75) is 78.5 Å². The Morgan fingerprint density at radius 2 is 1.07 bits per heavy atom. The Balaban J connectivity index is 2.28. The maximum Gasteiger partial charge on any atom is 0.341 e. The molecule has 0 amide bonds. The number of carbonyl (C=O) groups is 2. The van der Waals surface area contributed by atoms with Crippen LogP contribution in [0.1, 0.15) is 72.0 Å². The fourth-order valence-corrected chi connectivity index (χ4v) is 5.83. The fraction of sp³-hybridized carbons (Fsp3) is 0.412. The molecule has 244 valence electrons. The lowest BCUT2D eigenvalue weighted by Crippen LogP contribution is -2.56. The van der Waals surface area contributed by atoms with Gasteiger partial charge in [-0.15, -0.1) is 0 Å². The molecule has 0 aliphatic rings. The zero-order valence-corrected chi connectivity index (χ0v) is 29.5. The number of nitrogens with zero attached hydrogens (tertiary/aromatic N) is 1. The lowest BCUT2D eigenvalue weighted by molar-refractivity contribution is -0.0742. The van der Waals surface area contributed by atoms with Crippen LogP contribution in [0, 0.1) is 0 Å². The molecule has 3 aromatic carbocycles. The van der Waals surface area contributed by atoms with E-state index in [4.69, 9.17) is 65.4 Å². The van der Waals surface area contributed by atoms with Crippen molar-refractivity contribution in [1.29, 1.82) is 0 Å². The van der Waals surface area contributed by atoms with Gasteiger partial charge in [-0.2, -0.15) is 0 Å². The van der Waals surface area contributed by atoms with E-state index in [1.165, 1.54) is 44.0 Å². The van der Waals surface area contributed by atoms with Gasteiger partial charge < -0.3 is 18.9 Å². The molecule has 3 rings (SSSR count). The summed E-state index contributed by atoms with van der Waals surface area (Å²) < 4.78 is 23.9. The number of anilines is 1. The Hall–Kier alpha value is -2.52. The van der Waals surface area contributed by atoms with Crippen LogP contribution in [0.2, 0.25) is 20.1 Å². The number of ether oxygens (including phenoxy) is 4. The van der Waals surface area contributed by atoms with Crippen LogP contribution >= 0.6 is 46.4 Å². The molecule has 0 heterocycles. The van der Waals surface area contributed by atoms with Gasteiger partial charge in [-0.3, -0.25) is 4.90 Å². The van der Waals surface area contributed by atoms with Gasteiger partial charge in [-0.25, -0.2) is 9.59 Å². The van der Waals surface area contributed by atoms with Gasteiger partial charge in [0.05, 0.1) is 21.2 Å². The maximum absolute atomic E-state index is 13.7. The van der Waals surface area contributed by atoms with E-state index in [1.807, 2.05) is 12.1 Å². The minimum Gasteiger partial charge on any atom is -0.435 e. The van der Waals surface area contributed by atoms with Crippen LogP contribution in [-0.4, -0.2) is 50.8 Å². The molecule has 11 heteroatoms. The molecule has 3 aromatic rings. The number of carbonyl (C=O) groups excluding carboxylic acids is 2. The number of aryl methyl sites for hydroxylation is 2. The zero-order chi connectivity index (χ0) is 33.4. The third-order valence-corrected chi connectivity index (χ3v) is 8.81. The molecular formula is C34H39Cl4NO6. The summed E-state index contributed by atoms with van der Waals surface area (Å²) in [5.41, 5.74) is 4.24. The molecule has 0 spiro atoms. The van der Waals surface area contributed by atoms with E-state index in [-0.39, 0.29) is 21.2 Å². The van der Waals surface area contributed by atoms with Gasteiger partial charge >= 0.3 is 11.9 Å². The summed E-state index contributed by atoms with van der Waals surface area (Å²) >= 11 is 25.2. The molecule has 0 aliphatic carbocycles. The number of esters is 2. The lowest BCUT2D eigenvalue weighted by Gasteiger charge is -2.42. The molecule has 0 aliphatic heterocycles. The molecule has 0 saturated carbocycles. The molecule has 0 saturated heterocycles. The smallest absolute Gasteiger partial charge is 0.341 e. The van der Waals surface area contributed by atoms with Gasteiger partial charge in [-0.1, -0.05) is 67.2 Å². The van der Waals surface area contributed by atoms with Gasteiger partial charge in [0.1, 0.15) is 12.2 Å². The number of methoxy groups -OCH3 is 2. The van der Waals surface area contributed by atoms with Crippen LogP contribution in [0.25, 0.3) is 0 Å². The second kappa shape index (κ2) is 16.9. The zero-order valence-electron chi connectivity index (χ0n) is 26.5. The summed E-state index contributed by atoms with van der Waals surface area (Å²) in [6.45, 7) is 9.76. The van der Waals surface area contributed by atoms with Crippen LogP contribution < -0.4 is 4.90 Å². The van der Waals surface area contributed by atoms with E-state index in [0.29, 0.717) is 15.7 Å². The summed E-state index contributed by atoms with van der Waals surface area (Å²) in [6.07, 6.45) is -1.38. The summed E-state index contributed by atoms with van der Waals surface area (Å²) in [4.78, 5) is 29.1. The van der Waals surface area contributed by atoms with Crippen molar-refractivity contribution in [3.63, 3.8) is 0 Å². The van der Waals surface area contributed by atoms with Crippen molar-refractivity contribution in [1.82, 2.24) is 0 Å². The fourth-order valence-electron chi connectivity index (χ4n) is 5.10. The van der Waals surface area contributed by atoms with E-state index in [1.54, 1.807) is 30.9 Å². The third kappa shape index (κ3) is 8.85. The average Bonchev–Trinajstić information content (AvgIpc) is 3.04. The standard InChI is InChI=1S/C34H39Cl4NO6/c1-8-21-15-25(16-22(9-2)26(21)10-3)39(31(19(4)42-6)44-33(40)27-17-23(35)11-13-29(27)37)32(20(5)43-7)45-34(41)28-18-24(36)12-14-30(28)38/h11-20,31-32H,8-10H2,1-7H3. The average molecular weight is 699 g/mol. The van der Waals surface area contributed by atoms with E-state index in [2.05, 4.69) is 20.8 Å². The van der Waals surface area contributed by atoms with Crippen molar-refractivity contribution in [2.75, 3.05) is 19.1 Å². The van der Waals surface area contributed by atoms with Gasteiger partial charge in [-0.05, 0) is 98.3 Å². The molecule has 45 heavy (non-hydrogen) atoms. The Morgan fingerprint density at radius 1 is 0.667 bits per heavy atom. The number of halogens is 4. The first-order valence-corrected chi connectivity index (χ1v) is 16.2. The highest BCUT2D eigenvalue weighted by atomic mass is 35.5. The minimum absolute atomic E-state index is 0.0706. The van der Waals surface area contributed by atoms with Gasteiger partial charge in [0, 0.05) is 30.0 Å². The second-order valence-corrected chi connectivity index (χ2v) is 12.1. The molecule has 0 radical (unpaired) electrons. The van der Waals surface area contributed by atoms with Crippen LogP contribution in [0.15, 0.2) is 48.5 Å². The maximum atomic E-state index is 13.7. The Labute approximate surface area is 285 Å². The number of benzene rings is 3. The van der Waals surface area contributed by atoms with E-state index in [9.17, 15) is 9.59 Å². The van der Waals surface area contributed by atoms with Crippen LogP contribution in [0.3, 0.4) is 0 Å². The number of rotatable bonds is 14. The van der Waals surface area contributed by atoms with Crippen LogP contribution in [0.4, 0.5) is 5.69 Å². The quantitative estimate of drug-likeness (QED) is 0.123. The predicted octanol–water partition coefficient (Wildman–Crippen LogP) is 9.23. The van der Waals surface area contributed by atoms with Crippen molar-refractivity contribution in [2.24, 2.45) is 0 Å². The normalized spacial score (nSPS) is 13.9. The van der Waals surface area contributed by atoms with Gasteiger partial charge in [0.15, 0.2) is 0 Å². The molecule has 7 nitrogen and oxygen atoms in total. The highest BCUT2D eigenvalue weighted by Gasteiger charge is 2.40. The molecular weight excluding hydrogens is 660 g/mol. The molecule has 4 unspecified atom stereocenters. The first-order chi connectivity index (χ1) is 21.4. The van der Waals surface area contributed by atoms with Gasteiger partial charge in [0.2, 0.25) is 12.5 Å². The Kier molecular flexibility index (Phi) is 13.8. The topological polar surface area (TPSA) is 74.3 Å². The number of hydrogen-bond donors (Lipinski definition) is 0. The summed E-state index contributed by atoms with van der Waals surface area (Å²) in [5.74, 6) is -1.49. The predicted molar refractivity (Wildman–Crippen MR) is 181 cm³/mol. The van der Waals surface area contributed by atoms with Crippen LogP contribution in [-0.2, 0) is 38.2 Å². The molecule has 0 aromatic heterocycles.